The molecular formula is C33H48O3. The van der Waals surface area contributed by atoms with Crippen LogP contribution in [0.5, 0.6) is 11.5 Å². The Kier molecular flexibility index (Phi) is 16.2. The quantitative estimate of drug-likeness (QED) is 0.0988. The molecule has 0 saturated carbocycles. The number of ether oxygens (including phenoxy) is 2. The molecule has 0 heterocycles. The topological polar surface area (TPSA) is 35.5 Å². The number of allylic oxidation sites excluding steroid dienone is 1. The van der Waals surface area contributed by atoms with E-state index in [-0.39, 0.29) is 5.78 Å². The van der Waals surface area contributed by atoms with Crippen LogP contribution in [-0.2, 0) is 0 Å². The van der Waals surface area contributed by atoms with E-state index in [1.807, 2.05) is 54.6 Å². The van der Waals surface area contributed by atoms with E-state index in [4.69, 9.17) is 9.47 Å². The Morgan fingerprint density at radius 2 is 1.17 bits per heavy atom. The summed E-state index contributed by atoms with van der Waals surface area (Å²) in [5.41, 5.74) is 1.64. The number of hydrogen-bond acceptors (Lipinski definition) is 3. The maximum Gasteiger partial charge on any atom is 0.185 e. The van der Waals surface area contributed by atoms with Gasteiger partial charge >= 0.3 is 0 Å². The number of hydrogen-bond donors (Lipinski definition) is 0. The molecule has 0 unspecified atom stereocenters. The minimum atomic E-state index is -0.0177. The van der Waals surface area contributed by atoms with Crippen molar-refractivity contribution in [2.75, 3.05) is 13.2 Å². The van der Waals surface area contributed by atoms with Crippen LogP contribution in [0.25, 0.3) is 6.08 Å². The largest absolute Gasteiger partial charge is 0.494 e. The van der Waals surface area contributed by atoms with Crippen molar-refractivity contribution in [3.63, 3.8) is 0 Å². The standard InChI is InChI=1S/C33H48O3/c1-3-5-7-9-11-12-14-16-27-36-32-19-17-18-30(28-32)33(34)25-22-29-20-23-31(24-21-29)35-26-15-13-10-8-6-4-2/h17-25,28H,3-16,26-27H2,1-2H3/b25-22+. The van der Waals surface area contributed by atoms with E-state index < -0.39 is 0 Å². The molecule has 2 aromatic carbocycles. The van der Waals surface area contributed by atoms with Crippen LogP contribution in [0, 0.1) is 0 Å². The summed E-state index contributed by atoms with van der Waals surface area (Å²) in [5.74, 6) is 1.63. The van der Waals surface area contributed by atoms with Crippen molar-refractivity contribution in [2.24, 2.45) is 0 Å². The van der Waals surface area contributed by atoms with E-state index in [9.17, 15) is 4.79 Å². The van der Waals surface area contributed by atoms with Gasteiger partial charge in [0.25, 0.3) is 0 Å². The van der Waals surface area contributed by atoms with Crippen LogP contribution in [0.15, 0.2) is 54.6 Å². The van der Waals surface area contributed by atoms with E-state index in [1.54, 1.807) is 6.08 Å². The minimum absolute atomic E-state index is 0.0177. The van der Waals surface area contributed by atoms with Gasteiger partial charge in [-0.2, -0.15) is 0 Å². The summed E-state index contributed by atoms with van der Waals surface area (Å²) >= 11 is 0. The zero-order chi connectivity index (χ0) is 25.7. The van der Waals surface area contributed by atoms with Crippen LogP contribution >= 0.6 is 0 Å². The first-order chi connectivity index (χ1) is 17.7. The molecule has 0 fully saturated rings. The monoisotopic (exact) mass is 492 g/mol. The molecular weight excluding hydrogens is 444 g/mol. The second-order valence-corrected chi connectivity index (χ2v) is 9.73. The molecule has 198 valence electrons. The van der Waals surface area contributed by atoms with E-state index in [2.05, 4.69) is 13.8 Å². The summed E-state index contributed by atoms with van der Waals surface area (Å²) in [6, 6.07) is 15.4. The van der Waals surface area contributed by atoms with Crippen molar-refractivity contribution in [2.45, 2.75) is 104 Å². The lowest BCUT2D eigenvalue weighted by atomic mass is 10.1. The van der Waals surface area contributed by atoms with Crippen LogP contribution in [0.4, 0.5) is 0 Å². The molecule has 0 aromatic heterocycles. The Labute approximate surface area is 220 Å². The molecule has 0 atom stereocenters. The lowest BCUT2D eigenvalue weighted by Crippen LogP contribution is -2.00. The predicted octanol–water partition coefficient (Wildman–Crippen LogP) is 9.84. The molecule has 0 aliphatic rings. The number of ketones is 1. The van der Waals surface area contributed by atoms with Crippen molar-refractivity contribution in [3.05, 3.63) is 65.7 Å². The third kappa shape index (κ3) is 13.5. The van der Waals surface area contributed by atoms with Crippen LogP contribution in [0.3, 0.4) is 0 Å². The number of unbranched alkanes of at least 4 members (excludes halogenated alkanes) is 12. The molecule has 0 aliphatic heterocycles. The Balaban J connectivity index is 1.67. The summed E-state index contributed by atoms with van der Waals surface area (Å²) in [6.07, 6.45) is 21.3. The SMILES string of the molecule is CCCCCCCCCCOc1cccc(C(=O)/C=C/c2ccc(OCCCCCCCC)cc2)c1. The molecule has 3 heteroatoms. The zero-order valence-electron chi connectivity index (χ0n) is 22.8. The van der Waals surface area contributed by atoms with Gasteiger partial charge in [-0.15, -0.1) is 0 Å². The van der Waals surface area contributed by atoms with Crippen LogP contribution in [-0.4, -0.2) is 19.0 Å². The average Bonchev–Trinajstić information content (AvgIpc) is 2.91. The van der Waals surface area contributed by atoms with Gasteiger partial charge in [-0.3, -0.25) is 4.79 Å². The predicted molar refractivity (Wildman–Crippen MR) is 153 cm³/mol. The summed E-state index contributed by atoms with van der Waals surface area (Å²) < 4.78 is 11.7. The first kappa shape index (κ1) is 29.7. The average molecular weight is 493 g/mol. The molecule has 0 radical (unpaired) electrons. The smallest absolute Gasteiger partial charge is 0.185 e. The summed E-state index contributed by atoms with van der Waals surface area (Å²) in [7, 11) is 0. The number of carbonyl (C=O) groups excluding carboxylic acids is 1. The van der Waals surface area contributed by atoms with E-state index in [0.29, 0.717) is 12.2 Å². The fourth-order valence-corrected chi connectivity index (χ4v) is 4.18. The van der Waals surface area contributed by atoms with Gasteiger partial charge in [0, 0.05) is 5.56 Å². The minimum Gasteiger partial charge on any atom is -0.494 e. The van der Waals surface area contributed by atoms with E-state index in [1.165, 1.54) is 77.0 Å². The maximum atomic E-state index is 12.7. The van der Waals surface area contributed by atoms with E-state index in [0.717, 1.165) is 36.5 Å². The second kappa shape index (κ2) is 19.6. The summed E-state index contributed by atoms with van der Waals surface area (Å²) in [6.45, 7) is 5.96. The van der Waals surface area contributed by atoms with Gasteiger partial charge in [-0.25, -0.2) is 0 Å². The zero-order valence-corrected chi connectivity index (χ0v) is 22.8. The van der Waals surface area contributed by atoms with Crippen LogP contribution < -0.4 is 9.47 Å². The molecule has 0 spiro atoms. The highest BCUT2D eigenvalue weighted by Crippen LogP contribution is 2.17. The van der Waals surface area contributed by atoms with Gasteiger partial charge in [0.05, 0.1) is 13.2 Å². The molecule has 36 heavy (non-hydrogen) atoms. The first-order valence-corrected chi connectivity index (χ1v) is 14.4. The lowest BCUT2D eigenvalue weighted by molar-refractivity contribution is 0.104. The van der Waals surface area contributed by atoms with Crippen molar-refractivity contribution < 1.29 is 14.3 Å². The van der Waals surface area contributed by atoms with E-state index >= 15 is 0 Å². The number of benzene rings is 2. The Hall–Kier alpha value is -2.55. The van der Waals surface area contributed by atoms with Crippen LogP contribution in [0.1, 0.15) is 120 Å². The van der Waals surface area contributed by atoms with Crippen molar-refractivity contribution in [1.29, 1.82) is 0 Å². The normalized spacial score (nSPS) is 11.2. The maximum absolute atomic E-state index is 12.7. The molecule has 0 saturated heterocycles. The first-order valence-electron chi connectivity index (χ1n) is 14.4. The van der Waals surface area contributed by atoms with Crippen molar-refractivity contribution in [3.8, 4) is 11.5 Å². The highest BCUT2D eigenvalue weighted by Gasteiger charge is 2.04. The van der Waals surface area contributed by atoms with Gasteiger partial charge in [-0.1, -0.05) is 121 Å². The molecule has 0 aliphatic carbocycles. The number of carbonyl (C=O) groups is 1. The van der Waals surface area contributed by atoms with Crippen molar-refractivity contribution >= 4 is 11.9 Å². The lowest BCUT2D eigenvalue weighted by Gasteiger charge is -2.07. The van der Waals surface area contributed by atoms with Gasteiger partial charge in [-0.05, 0) is 48.7 Å². The van der Waals surface area contributed by atoms with Gasteiger partial charge in [0.1, 0.15) is 11.5 Å². The van der Waals surface area contributed by atoms with Crippen molar-refractivity contribution in [1.82, 2.24) is 0 Å². The molecule has 3 nitrogen and oxygen atoms in total. The Bertz CT molecular complexity index is 853. The third-order valence-corrected chi connectivity index (χ3v) is 6.46. The molecule has 0 N–H and O–H groups in total. The number of rotatable bonds is 21. The fourth-order valence-electron chi connectivity index (χ4n) is 4.18. The molecule has 0 amide bonds. The molecule has 2 aromatic rings. The molecule has 0 bridgehead atoms. The highest BCUT2D eigenvalue weighted by molar-refractivity contribution is 6.07. The fraction of sp³-hybridized carbons (Fsp3) is 0.545. The van der Waals surface area contributed by atoms with Gasteiger partial charge in [0.15, 0.2) is 5.78 Å². The van der Waals surface area contributed by atoms with Gasteiger partial charge in [0.2, 0.25) is 0 Å². The third-order valence-electron chi connectivity index (χ3n) is 6.46. The summed E-state index contributed by atoms with van der Waals surface area (Å²) in [4.78, 5) is 12.7. The van der Waals surface area contributed by atoms with Gasteiger partial charge < -0.3 is 9.47 Å². The van der Waals surface area contributed by atoms with Crippen LogP contribution in [0.2, 0.25) is 0 Å². The Morgan fingerprint density at radius 1 is 0.639 bits per heavy atom. The summed E-state index contributed by atoms with van der Waals surface area (Å²) in [5, 5.41) is 0. The Morgan fingerprint density at radius 3 is 1.75 bits per heavy atom. The second-order valence-electron chi connectivity index (χ2n) is 9.73. The molecule has 2 rings (SSSR count). The highest BCUT2D eigenvalue weighted by atomic mass is 16.5.